The molecule has 0 saturated heterocycles. The number of hydrogen-bond donors (Lipinski definition) is 1. The number of hydrogen-bond acceptors (Lipinski definition) is 3. The predicted octanol–water partition coefficient (Wildman–Crippen LogP) is 4.44. The van der Waals surface area contributed by atoms with Crippen LogP contribution in [-0.2, 0) is 17.8 Å². The third-order valence-electron chi connectivity index (χ3n) is 4.96. The molecule has 0 fully saturated rings. The standard InChI is InChI=1S/C24H29N3O2/c1-3-24(28)25-16-10-4-5-15-23-26-20-12-7-8-13-21(20)27(23)17-18-29-22-14-9-6-11-19(22)2/h3,6-9,11-14H,1,4-5,10,15-18H2,2H3,(H,25,28). The highest BCUT2D eigenvalue weighted by molar-refractivity contribution is 5.86. The van der Waals surface area contributed by atoms with Crippen molar-refractivity contribution in [3.8, 4) is 5.75 Å². The van der Waals surface area contributed by atoms with Gasteiger partial charge in [0.2, 0.25) is 5.91 Å². The normalized spacial score (nSPS) is 10.8. The highest BCUT2D eigenvalue weighted by Gasteiger charge is 2.10. The van der Waals surface area contributed by atoms with Crippen molar-refractivity contribution < 1.29 is 9.53 Å². The third kappa shape index (κ3) is 5.70. The second-order valence-electron chi connectivity index (χ2n) is 7.09. The van der Waals surface area contributed by atoms with E-state index in [9.17, 15) is 4.79 Å². The number of carbonyl (C=O) groups is 1. The molecule has 29 heavy (non-hydrogen) atoms. The summed E-state index contributed by atoms with van der Waals surface area (Å²) < 4.78 is 8.28. The van der Waals surface area contributed by atoms with E-state index in [0.29, 0.717) is 13.2 Å². The summed E-state index contributed by atoms with van der Waals surface area (Å²) in [5.41, 5.74) is 3.32. The minimum atomic E-state index is -0.111. The molecule has 0 bridgehead atoms. The van der Waals surface area contributed by atoms with E-state index >= 15 is 0 Å². The Morgan fingerprint density at radius 2 is 1.93 bits per heavy atom. The summed E-state index contributed by atoms with van der Waals surface area (Å²) in [5.74, 6) is 1.91. The van der Waals surface area contributed by atoms with Gasteiger partial charge in [0.1, 0.15) is 18.2 Å². The molecule has 1 N–H and O–H groups in total. The van der Waals surface area contributed by atoms with Crippen LogP contribution in [0.15, 0.2) is 61.2 Å². The van der Waals surface area contributed by atoms with E-state index in [0.717, 1.165) is 60.4 Å². The molecule has 1 heterocycles. The first-order chi connectivity index (χ1) is 14.2. The van der Waals surface area contributed by atoms with Crippen LogP contribution >= 0.6 is 0 Å². The summed E-state index contributed by atoms with van der Waals surface area (Å²) in [7, 11) is 0. The molecule has 5 heteroatoms. The number of fused-ring (bicyclic) bond motifs is 1. The number of nitrogens with one attached hydrogen (secondary N) is 1. The van der Waals surface area contributed by atoms with E-state index < -0.39 is 0 Å². The minimum Gasteiger partial charge on any atom is -0.491 e. The van der Waals surface area contributed by atoms with Crippen molar-refractivity contribution in [2.24, 2.45) is 0 Å². The fourth-order valence-corrected chi connectivity index (χ4v) is 3.40. The molecule has 2 aromatic carbocycles. The molecule has 0 saturated carbocycles. The maximum absolute atomic E-state index is 11.2. The summed E-state index contributed by atoms with van der Waals surface area (Å²) in [6, 6.07) is 16.3. The quantitative estimate of drug-likeness (QED) is 0.388. The number of aryl methyl sites for hydroxylation is 2. The number of carbonyl (C=O) groups excluding carboxylic acids is 1. The van der Waals surface area contributed by atoms with Crippen molar-refractivity contribution in [2.45, 2.75) is 39.2 Å². The molecule has 0 aliphatic rings. The van der Waals surface area contributed by atoms with Crippen LogP contribution < -0.4 is 10.1 Å². The maximum atomic E-state index is 11.2. The van der Waals surface area contributed by atoms with Crippen LogP contribution in [0.25, 0.3) is 11.0 Å². The zero-order chi connectivity index (χ0) is 20.5. The van der Waals surface area contributed by atoms with Gasteiger partial charge in [0.05, 0.1) is 17.6 Å². The molecule has 3 rings (SSSR count). The number of aromatic nitrogens is 2. The van der Waals surface area contributed by atoms with E-state index in [1.807, 2.05) is 24.3 Å². The van der Waals surface area contributed by atoms with Crippen molar-refractivity contribution in [1.82, 2.24) is 14.9 Å². The van der Waals surface area contributed by atoms with Crippen molar-refractivity contribution >= 4 is 16.9 Å². The number of ether oxygens (including phenoxy) is 1. The summed E-state index contributed by atoms with van der Waals surface area (Å²) in [4.78, 5) is 16.0. The maximum Gasteiger partial charge on any atom is 0.243 e. The molecule has 0 aliphatic heterocycles. The van der Waals surface area contributed by atoms with E-state index in [1.165, 1.54) is 6.08 Å². The largest absolute Gasteiger partial charge is 0.491 e. The second kappa shape index (κ2) is 10.5. The Hall–Kier alpha value is -3.08. The molecule has 0 unspecified atom stereocenters. The van der Waals surface area contributed by atoms with Gasteiger partial charge >= 0.3 is 0 Å². The molecule has 1 aromatic heterocycles. The fraction of sp³-hybridized carbons (Fsp3) is 0.333. The average Bonchev–Trinajstić information content (AvgIpc) is 3.09. The molecular formula is C24H29N3O2. The van der Waals surface area contributed by atoms with Crippen molar-refractivity contribution in [1.29, 1.82) is 0 Å². The highest BCUT2D eigenvalue weighted by atomic mass is 16.5. The summed E-state index contributed by atoms with van der Waals surface area (Å²) in [6.07, 6.45) is 5.25. The van der Waals surface area contributed by atoms with Gasteiger partial charge in [-0.15, -0.1) is 0 Å². The lowest BCUT2D eigenvalue weighted by Gasteiger charge is -2.12. The highest BCUT2D eigenvalue weighted by Crippen LogP contribution is 2.19. The Bertz CT molecular complexity index is 962. The number of rotatable bonds is 11. The molecule has 0 aliphatic carbocycles. The Morgan fingerprint density at radius 3 is 2.76 bits per heavy atom. The van der Waals surface area contributed by atoms with E-state index in [4.69, 9.17) is 9.72 Å². The lowest BCUT2D eigenvalue weighted by molar-refractivity contribution is -0.116. The smallest absolute Gasteiger partial charge is 0.243 e. The predicted molar refractivity (Wildman–Crippen MR) is 117 cm³/mol. The van der Waals surface area contributed by atoms with Gasteiger partial charge < -0.3 is 14.6 Å². The molecule has 5 nitrogen and oxygen atoms in total. The fourth-order valence-electron chi connectivity index (χ4n) is 3.40. The van der Waals surface area contributed by atoms with Gasteiger partial charge in [-0.05, 0) is 49.6 Å². The average molecular weight is 392 g/mol. The van der Waals surface area contributed by atoms with Crippen molar-refractivity contribution in [3.63, 3.8) is 0 Å². The van der Waals surface area contributed by atoms with E-state index in [1.54, 1.807) is 0 Å². The number of amides is 1. The van der Waals surface area contributed by atoms with Gasteiger partial charge in [0, 0.05) is 13.0 Å². The summed E-state index contributed by atoms with van der Waals surface area (Å²) in [6.45, 7) is 7.57. The Labute approximate surface area is 172 Å². The number of para-hydroxylation sites is 3. The SMILES string of the molecule is C=CC(=O)NCCCCCc1nc2ccccc2n1CCOc1ccccc1C. The van der Waals surface area contributed by atoms with E-state index in [2.05, 4.69) is 47.7 Å². The zero-order valence-corrected chi connectivity index (χ0v) is 17.1. The van der Waals surface area contributed by atoms with Gasteiger partial charge in [-0.25, -0.2) is 4.98 Å². The van der Waals surface area contributed by atoms with Crippen molar-refractivity contribution in [3.05, 3.63) is 72.6 Å². The Morgan fingerprint density at radius 1 is 1.14 bits per heavy atom. The minimum absolute atomic E-state index is 0.111. The molecule has 0 atom stereocenters. The van der Waals surface area contributed by atoms with Crippen LogP contribution in [0.5, 0.6) is 5.75 Å². The first-order valence-electron chi connectivity index (χ1n) is 10.2. The molecule has 1 amide bonds. The van der Waals surface area contributed by atoms with Gasteiger partial charge in [-0.3, -0.25) is 4.79 Å². The van der Waals surface area contributed by atoms with Crippen LogP contribution in [0.4, 0.5) is 0 Å². The van der Waals surface area contributed by atoms with Crippen LogP contribution in [0.3, 0.4) is 0 Å². The van der Waals surface area contributed by atoms with Gasteiger partial charge in [-0.1, -0.05) is 43.3 Å². The number of imidazole rings is 1. The summed E-state index contributed by atoms with van der Waals surface area (Å²) in [5, 5.41) is 2.82. The van der Waals surface area contributed by atoms with Crippen LogP contribution in [0.1, 0.15) is 30.7 Å². The lowest BCUT2D eigenvalue weighted by Crippen LogP contribution is -2.21. The Balaban J connectivity index is 1.58. The molecule has 0 radical (unpaired) electrons. The van der Waals surface area contributed by atoms with Crippen LogP contribution in [0, 0.1) is 6.92 Å². The van der Waals surface area contributed by atoms with Crippen LogP contribution in [-0.4, -0.2) is 28.6 Å². The topological polar surface area (TPSA) is 56.2 Å². The number of unbranched alkanes of at least 4 members (excludes halogenated alkanes) is 2. The zero-order valence-electron chi connectivity index (χ0n) is 17.1. The first kappa shape index (κ1) is 20.6. The number of benzene rings is 2. The lowest BCUT2D eigenvalue weighted by atomic mass is 10.2. The summed E-state index contributed by atoms with van der Waals surface area (Å²) >= 11 is 0. The van der Waals surface area contributed by atoms with E-state index in [-0.39, 0.29) is 5.91 Å². The Kier molecular flexibility index (Phi) is 7.45. The molecule has 152 valence electrons. The van der Waals surface area contributed by atoms with Crippen LogP contribution in [0.2, 0.25) is 0 Å². The molecule has 3 aromatic rings. The van der Waals surface area contributed by atoms with Gasteiger partial charge in [0.15, 0.2) is 0 Å². The molecular weight excluding hydrogens is 362 g/mol. The number of nitrogens with zero attached hydrogens (tertiary/aromatic N) is 2. The third-order valence-corrected chi connectivity index (χ3v) is 4.96. The second-order valence-corrected chi connectivity index (χ2v) is 7.09. The first-order valence-corrected chi connectivity index (χ1v) is 10.2. The molecule has 0 spiro atoms. The van der Waals surface area contributed by atoms with Gasteiger partial charge in [0.25, 0.3) is 0 Å². The van der Waals surface area contributed by atoms with Crippen molar-refractivity contribution in [2.75, 3.05) is 13.2 Å². The monoisotopic (exact) mass is 391 g/mol. The van der Waals surface area contributed by atoms with Gasteiger partial charge in [-0.2, -0.15) is 0 Å².